The number of β-amino-alcohol motifs (C(OH)–C–C–N with tert-alkyl or cyclic N) is 1. The van der Waals surface area contributed by atoms with Crippen molar-refractivity contribution in [2.75, 3.05) is 26.7 Å². The van der Waals surface area contributed by atoms with E-state index in [0.717, 1.165) is 19.0 Å². The maximum atomic E-state index is 12.7. The number of benzene rings is 1. The number of aliphatic hydroxyl groups excluding tert-OH is 1. The van der Waals surface area contributed by atoms with Gasteiger partial charge in [-0.1, -0.05) is 12.1 Å². The van der Waals surface area contributed by atoms with E-state index in [2.05, 4.69) is 10.2 Å². The molecule has 0 aromatic heterocycles. The number of rotatable bonds is 4. The summed E-state index contributed by atoms with van der Waals surface area (Å²) in [5, 5.41) is 12.5. The number of nitrogens with zero attached hydrogens (tertiary/aromatic N) is 1. The van der Waals surface area contributed by atoms with Crippen LogP contribution in [0.2, 0.25) is 0 Å². The lowest BCUT2D eigenvalue weighted by molar-refractivity contribution is -0.137. The van der Waals surface area contributed by atoms with Gasteiger partial charge in [0.15, 0.2) is 0 Å². The lowest BCUT2D eigenvalue weighted by Gasteiger charge is -2.24. The Balaban J connectivity index is 2.11. The predicted molar refractivity (Wildman–Crippen MR) is 70.3 cm³/mol. The van der Waals surface area contributed by atoms with Crippen molar-refractivity contribution in [1.29, 1.82) is 0 Å². The monoisotopic (exact) mass is 288 g/mol. The average molecular weight is 288 g/mol. The van der Waals surface area contributed by atoms with Gasteiger partial charge >= 0.3 is 6.18 Å². The first kappa shape index (κ1) is 15.3. The quantitative estimate of drug-likeness (QED) is 0.890. The molecule has 1 aromatic carbocycles. The van der Waals surface area contributed by atoms with Crippen LogP contribution in [0.5, 0.6) is 0 Å². The first-order valence-electron chi connectivity index (χ1n) is 6.65. The maximum absolute atomic E-state index is 12.7. The molecule has 1 fully saturated rings. The highest BCUT2D eigenvalue weighted by molar-refractivity contribution is 5.28. The van der Waals surface area contributed by atoms with Crippen LogP contribution in [0.15, 0.2) is 24.3 Å². The van der Waals surface area contributed by atoms with E-state index in [4.69, 9.17) is 0 Å². The molecule has 2 atom stereocenters. The molecule has 1 heterocycles. The van der Waals surface area contributed by atoms with Gasteiger partial charge in [-0.3, -0.25) is 4.90 Å². The molecule has 2 rings (SSSR count). The van der Waals surface area contributed by atoms with Crippen molar-refractivity contribution in [2.45, 2.75) is 24.7 Å². The van der Waals surface area contributed by atoms with Gasteiger partial charge in [0, 0.05) is 25.7 Å². The highest BCUT2D eigenvalue weighted by Gasteiger charge is 2.31. The van der Waals surface area contributed by atoms with Crippen LogP contribution >= 0.6 is 0 Å². The van der Waals surface area contributed by atoms with Crippen molar-refractivity contribution >= 4 is 0 Å². The summed E-state index contributed by atoms with van der Waals surface area (Å²) >= 11 is 0. The Labute approximate surface area is 116 Å². The van der Waals surface area contributed by atoms with E-state index in [1.165, 1.54) is 12.1 Å². The molecule has 0 unspecified atom stereocenters. The number of hydrogen-bond donors (Lipinski definition) is 2. The summed E-state index contributed by atoms with van der Waals surface area (Å²) in [5.41, 5.74) is -0.0135. The van der Waals surface area contributed by atoms with Gasteiger partial charge in [-0.05, 0) is 31.2 Å². The third kappa shape index (κ3) is 3.71. The molecule has 0 radical (unpaired) electrons. The zero-order valence-corrected chi connectivity index (χ0v) is 11.3. The fraction of sp³-hybridized carbons (Fsp3) is 0.571. The molecule has 112 valence electrons. The minimum atomic E-state index is -4.32. The number of likely N-dealkylation sites (tertiary alicyclic amines) is 1. The molecule has 0 aliphatic carbocycles. The summed E-state index contributed by atoms with van der Waals surface area (Å²) in [6.07, 6.45) is -3.93. The zero-order valence-electron chi connectivity index (χ0n) is 11.3. The van der Waals surface area contributed by atoms with Crippen LogP contribution in [0.25, 0.3) is 0 Å². The normalized spacial score (nSPS) is 22.1. The van der Waals surface area contributed by atoms with Crippen molar-refractivity contribution in [2.24, 2.45) is 0 Å². The molecular weight excluding hydrogens is 269 g/mol. The highest BCUT2D eigenvalue weighted by atomic mass is 19.4. The minimum Gasteiger partial charge on any atom is -0.392 e. The largest absolute Gasteiger partial charge is 0.416 e. The molecular formula is C14H19F3N2O. The topological polar surface area (TPSA) is 35.5 Å². The smallest absolute Gasteiger partial charge is 0.392 e. The lowest BCUT2D eigenvalue weighted by Crippen LogP contribution is -2.33. The molecule has 1 aliphatic rings. The van der Waals surface area contributed by atoms with Crippen molar-refractivity contribution in [1.82, 2.24) is 10.2 Å². The molecule has 6 heteroatoms. The van der Waals surface area contributed by atoms with Gasteiger partial charge in [-0.15, -0.1) is 0 Å². The van der Waals surface area contributed by atoms with Crippen LogP contribution in [0.4, 0.5) is 13.2 Å². The number of halogens is 3. The van der Waals surface area contributed by atoms with E-state index in [9.17, 15) is 18.3 Å². The highest BCUT2D eigenvalue weighted by Crippen LogP contribution is 2.31. The molecule has 0 saturated carbocycles. The summed E-state index contributed by atoms with van der Waals surface area (Å²) < 4.78 is 38.2. The minimum absolute atomic E-state index is 0.178. The van der Waals surface area contributed by atoms with Crippen LogP contribution in [-0.4, -0.2) is 42.8 Å². The van der Waals surface area contributed by atoms with Gasteiger partial charge in [0.1, 0.15) is 0 Å². The molecule has 20 heavy (non-hydrogen) atoms. The Hall–Kier alpha value is -1.11. The molecule has 2 N–H and O–H groups in total. The van der Waals surface area contributed by atoms with Gasteiger partial charge in [-0.2, -0.15) is 13.2 Å². The molecule has 1 aliphatic heterocycles. The van der Waals surface area contributed by atoms with E-state index in [1.807, 2.05) is 0 Å². The van der Waals surface area contributed by atoms with Crippen molar-refractivity contribution in [3.05, 3.63) is 35.4 Å². The SMILES string of the molecule is CN[C@H](CN1CC[C@H](O)C1)c1cccc(C(F)(F)F)c1. The second-order valence-corrected chi connectivity index (χ2v) is 5.17. The summed E-state index contributed by atoms with van der Waals surface area (Å²) in [4.78, 5) is 2.06. The maximum Gasteiger partial charge on any atom is 0.416 e. The Kier molecular flexibility index (Phi) is 4.67. The van der Waals surface area contributed by atoms with Gasteiger partial charge in [0.05, 0.1) is 11.7 Å². The summed E-state index contributed by atoms with van der Waals surface area (Å²) in [7, 11) is 1.73. The lowest BCUT2D eigenvalue weighted by atomic mass is 10.0. The molecule has 0 spiro atoms. The average Bonchev–Trinajstić information content (AvgIpc) is 2.81. The van der Waals surface area contributed by atoms with Crippen LogP contribution in [-0.2, 0) is 6.18 Å². The van der Waals surface area contributed by atoms with Gasteiger partial charge in [0.25, 0.3) is 0 Å². The van der Waals surface area contributed by atoms with Crippen molar-refractivity contribution < 1.29 is 18.3 Å². The van der Waals surface area contributed by atoms with E-state index < -0.39 is 11.7 Å². The predicted octanol–water partition coefficient (Wildman–Crippen LogP) is 2.03. The number of alkyl halides is 3. The third-order valence-electron chi connectivity index (χ3n) is 3.65. The Morgan fingerprint density at radius 1 is 1.45 bits per heavy atom. The molecule has 3 nitrogen and oxygen atoms in total. The van der Waals surface area contributed by atoms with Gasteiger partial charge < -0.3 is 10.4 Å². The van der Waals surface area contributed by atoms with Crippen LogP contribution in [0, 0.1) is 0 Å². The number of likely N-dealkylation sites (N-methyl/N-ethyl adjacent to an activating group) is 1. The molecule has 1 aromatic rings. The Morgan fingerprint density at radius 3 is 2.75 bits per heavy atom. The number of nitrogens with one attached hydrogen (secondary N) is 1. The van der Waals surface area contributed by atoms with Crippen LogP contribution in [0.3, 0.4) is 0 Å². The fourth-order valence-electron chi connectivity index (χ4n) is 2.53. The summed E-state index contributed by atoms with van der Waals surface area (Å²) in [6, 6.07) is 5.22. The molecule has 0 amide bonds. The summed E-state index contributed by atoms with van der Waals surface area (Å²) in [6.45, 7) is 1.95. The van der Waals surface area contributed by atoms with Crippen LogP contribution < -0.4 is 5.32 Å². The van der Waals surface area contributed by atoms with E-state index >= 15 is 0 Å². The number of aliphatic hydroxyl groups is 1. The fourth-order valence-corrected chi connectivity index (χ4v) is 2.53. The Bertz CT molecular complexity index is 450. The first-order chi connectivity index (χ1) is 9.40. The van der Waals surface area contributed by atoms with Gasteiger partial charge in [0.2, 0.25) is 0 Å². The second-order valence-electron chi connectivity index (χ2n) is 5.17. The van der Waals surface area contributed by atoms with E-state index in [0.29, 0.717) is 18.7 Å². The number of hydrogen-bond acceptors (Lipinski definition) is 3. The third-order valence-corrected chi connectivity index (χ3v) is 3.65. The molecule has 1 saturated heterocycles. The van der Waals surface area contributed by atoms with E-state index in [-0.39, 0.29) is 12.1 Å². The zero-order chi connectivity index (χ0) is 14.8. The van der Waals surface area contributed by atoms with Crippen molar-refractivity contribution in [3.8, 4) is 0 Å². The van der Waals surface area contributed by atoms with Gasteiger partial charge in [-0.25, -0.2) is 0 Å². The second kappa shape index (κ2) is 6.11. The first-order valence-corrected chi connectivity index (χ1v) is 6.65. The van der Waals surface area contributed by atoms with Crippen LogP contribution in [0.1, 0.15) is 23.6 Å². The van der Waals surface area contributed by atoms with Crippen molar-refractivity contribution in [3.63, 3.8) is 0 Å². The standard InChI is InChI=1S/C14H19F3N2O/c1-18-13(9-19-6-5-12(20)8-19)10-3-2-4-11(7-10)14(15,16)17/h2-4,7,12-13,18,20H,5-6,8-9H2,1H3/t12-,13+/m0/s1. The molecule has 0 bridgehead atoms. The van der Waals surface area contributed by atoms with E-state index in [1.54, 1.807) is 13.1 Å². The Morgan fingerprint density at radius 2 is 2.20 bits per heavy atom. The summed E-state index contributed by atoms with van der Waals surface area (Å²) in [5.74, 6) is 0.